The zero-order chi connectivity index (χ0) is 14.5. The van der Waals surface area contributed by atoms with Crippen LogP contribution >= 0.6 is 11.6 Å². The second-order valence-electron chi connectivity index (χ2n) is 4.36. The van der Waals surface area contributed by atoms with Gasteiger partial charge in [0.1, 0.15) is 12.4 Å². The van der Waals surface area contributed by atoms with Crippen molar-refractivity contribution >= 4 is 17.3 Å². The van der Waals surface area contributed by atoms with Crippen molar-refractivity contribution in [3.63, 3.8) is 0 Å². The Labute approximate surface area is 156 Å². The van der Waals surface area contributed by atoms with Gasteiger partial charge in [-0.15, -0.1) is 12.1 Å². The fraction of sp³-hybridized carbons (Fsp3) is 0.250. The molecule has 0 spiro atoms. The Kier molecular flexibility index (Phi) is 7.68. The van der Waals surface area contributed by atoms with Crippen LogP contribution in [0.4, 0.5) is 0 Å². The number of hydrogen-bond acceptors (Lipinski definition) is 3. The number of nitrogens with zero attached hydrogens (tertiary/aromatic N) is 1. The van der Waals surface area contributed by atoms with Crippen LogP contribution in [0, 0.1) is 6.08 Å². The molecule has 21 heavy (non-hydrogen) atoms. The molecule has 0 aromatic heterocycles. The molecular weight excluding hydrogens is 363 g/mol. The maximum atomic E-state index is 6.02. The summed E-state index contributed by atoms with van der Waals surface area (Å²) in [6, 6.07) is 7.83. The van der Waals surface area contributed by atoms with Gasteiger partial charge in [0.2, 0.25) is 0 Å². The maximum Gasteiger partial charge on any atom is 0.117 e. The first-order chi connectivity index (χ1) is 9.63. The fourth-order valence-corrected chi connectivity index (χ4v) is 2.02. The molecule has 1 radical (unpaired) electrons. The van der Waals surface area contributed by atoms with Gasteiger partial charge in [-0.25, -0.2) is 0 Å². The minimum Gasteiger partial charge on any atom is -0.491 e. The monoisotopic (exact) mass is 379 g/mol. The summed E-state index contributed by atoms with van der Waals surface area (Å²) in [6.45, 7) is 5.06. The van der Waals surface area contributed by atoms with E-state index in [9.17, 15) is 0 Å². The molecule has 5 heteroatoms. The van der Waals surface area contributed by atoms with Crippen molar-refractivity contribution in [1.29, 1.82) is 0 Å². The molecule has 109 valence electrons. The number of halogens is 1. The Bertz CT molecular complexity index is 552. The molecule has 1 aromatic carbocycles. The van der Waals surface area contributed by atoms with Crippen molar-refractivity contribution in [2.24, 2.45) is 0 Å². The molecule has 0 amide bonds. The molecule has 3 nitrogen and oxygen atoms in total. The second-order valence-corrected chi connectivity index (χ2v) is 4.76. The summed E-state index contributed by atoms with van der Waals surface area (Å²) in [5.41, 5.74) is 2.73. The molecule has 1 aliphatic heterocycles. The summed E-state index contributed by atoms with van der Waals surface area (Å²) < 4.78 is 10.5. The van der Waals surface area contributed by atoms with E-state index in [-0.39, 0.29) is 32.7 Å². The van der Waals surface area contributed by atoms with E-state index in [1.165, 1.54) is 0 Å². The second kappa shape index (κ2) is 8.74. The minimum atomic E-state index is 0. The Morgan fingerprint density at radius 1 is 1.24 bits per heavy atom. The number of hydrogen-bond donors (Lipinski definition) is 0. The van der Waals surface area contributed by atoms with E-state index < -0.39 is 0 Å². The summed E-state index contributed by atoms with van der Waals surface area (Å²) >= 11 is 6.02. The Hall–Kier alpha value is -0.606. The first kappa shape index (κ1) is 18.4. The van der Waals surface area contributed by atoms with Gasteiger partial charge < -0.3 is 14.4 Å². The van der Waals surface area contributed by atoms with Crippen LogP contribution in [-0.4, -0.2) is 32.3 Å². The molecule has 0 saturated carbocycles. The number of allylic oxidation sites excluding steroid dienone is 3. The fourth-order valence-electron chi connectivity index (χ4n) is 1.84. The summed E-state index contributed by atoms with van der Waals surface area (Å²) in [5, 5.41) is 0.607. The molecule has 0 atom stereocenters. The van der Waals surface area contributed by atoms with Crippen molar-refractivity contribution in [3.05, 3.63) is 59.3 Å². The van der Waals surface area contributed by atoms with Crippen LogP contribution < -0.4 is 4.74 Å². The predicted molar refractivity (Wildman–Crippen MR) is 81.3 cm³/mol. The van der Waals surface area contributed by atoms with Crippen molar-refractivity contribution in [2.45, 2.75) is 0 Å². The van der Waals surface area contributed by atoms with E-state index in [1.807, 2.05) is 36.2 Å². The average molecular weight is 380 g/mol. The summed E-state index contributed by atoms with van der Waals surface area (Å²) in [6.07, 6.45) is 4.90. The third kappa shape index (κ3) is 4.68. The Balaban J connectivity index is 0.00000220. The maximum absolute atomic E-state index is 6.02. The topological polar surface area (TPSA) is 21.7 Å². The minimum absolute atomic E-state index is 0. The van der Waals surface area contributed by atoms with Crippen LogP contribution in [0.15, 0.2) is 47.6 Å². The molecule has 0 aliphatic carbocycles. The predicted octanol–water partition coefficient (Wildman–Crippen LogP) is 3.44. The van der Waals surface area contributed by atoms with Crippen molar-refractivity contribution in [1.82, 2.24) is 4.90 Å². The molecule has 0 fully saturated rings. The molecular formula is C16H17ClNO2Y-. The van der Waals surface area contributed by atoms with Crippen LogP contribution in [-0.2, 0) is 37.4 Å². The van der Waals surface area contributed by atoms with Gasteiger partial charge in [-0.05, 0) is 22.9 Å². The van der Waals surface area contributed by atoms with Gasteiger partial charge in [0.25, 0.3) is 0 Å². The van der Waals surface area contributed by atoms with Crippen LogP contribution in [0.3, 0.4) is 0 Å². The third-order valence-electron chi connectivity index (χ3n) is 3.04. The normalized spacial score (nSPS) is 14.2. The van der Waals surface area contributed by atoms with Gasteiger partial charge in [0, 0.05) is 46.9 Å². The van der Waals surface area contributed by atoms with E-state index >= 15 is 0 Å². The smallest absolute Gasteiger partial charge is 0.117 e. The van der Waals surface area contributed by atoms with Crippen LogP contribution in [0.2, 0.25) is 0 Å². The Morgan fingerprint density at radius 3 is 2.52 bits per heavy atom. The van der Waals surface area contributed by atoms with Crippen molar-refractivity contribution in [3.8, 4) is 5.75 Å². The van der Waals surface area contributed by atoms with Crippen LogP contribution in [0.5, 0.6) is 5.75 Å². The zero-order valence-electron chi connectivity index (χ0n) is 12.2. The number of rotatable bonds is 5. The van der Waals surface area contributed by atoms with Gasteiger partial charge in [0.05, 0.1) is 6.61 Å². The van der Waals surface area contributed by atoms with E-state index in [2.05, 4.69) is 12.7 Å². The summed E-state index contributed by atoms with van der Waals surface area (Å²) in [4.78, 5) is 1.92. The van der Waals surface area contributed by atoms with Gasteiger partial charge in [-0.1, -0.05) is 17.8 Å². The molecule has 1 aromatic rings. The van der Waals surface area contributed by atoms with E-state index in [0.717, 1.165) is 22.7 Å². The summed E-state index contributed by atoms with van der Waals surface area (Å²) in [5.74, 6) is 0.817. The summed E-state index contributed by atoms with van der Waals surface area (Å²) in [7, 11) is 3.57. The first-order valence-electron chi connectivity index (χ1n) is 6.28. The van der Waals surface area contributed by atoms with Crippen LogP contribution in [0.1, 0.15) is 5.56 Å². The van der Waals surface area contributed by atoms with E-state index in [0.29, 0.717) is 18.2 Å². The SMILES string of the molecule is C=C1C(Cl)=C[C-]=C(c2ccc(OCCOC)cc2)N1C.[Y]. The number of ether oxygens (including phenoxy) is 2. The average Bonchev–Trinajstić information content (AvgIpc) is 2.46. The van der Waals surface area contributed by atoms with Gasteiger partial charge >= 0.3 is 0 Å². The van der Waals surface area contributed by atoms with Gasteiger partial charge in [-0.3, -0.25) is 0 Å². The van der Waals surface area contributed by atoms with Crippen molar-refractivity contribution in [2.75, 3.05) is 27.4 Å². The zero-order valence-corrected chi connectivity index (χ0v) is 15.8. The van der Waals surface area contributed by atoms with Gasteiger partial charge in [0.15, 0.2) is 0 Å². The number of likely N-dealkylation sites (N-methyl/N-ethyl adjacent to an activating group) is 1. The molecule has 2 rings (SSSR count). The van der Waals surface area contributed by atoms with Gasteiger partial charge in [-0.2, -0.15) is 23.8 Å². The van der Waals surface area contributed by atoms with E-state index in [1.54, 1.807) is 13.2 Å². The largest absolute Gasteiger partial charge is 0.491 e. The van der Waals surface area contributed by atoms with Crippen molar-refractivity contribution < 1.29 is 42.2 Å². The van der Waals surface area contributed by atoms with Crippen LogP contribution in [0.25, 0.3) is 5.70 Å². The molecule has 1 heterocycles. The van der Waals surface area contributed by atoms with E-state index in [4.69, 9.17) is 21.1 Å². The molecule has 0 saturated heterocycles. The standard InChI is InChI=1S/C16H17ClNO2.Y/c1-12-15(17)8-9-16(18(12)2)13-4-6-14(7-5-13)20-11-10-19-3;/h4-8H,1,10-11H2,2-3H3;/q-1;. The number of methoxy groups -OCH3 is 1. The quantitative estimate of drug-likeness (QED) is 0.578. The molecule has 0 N–H and O–H groups in total. The number of benzene rings is 1. The Morgan fingerprint density at radius 2 is 1.90 bits per heavy atom. The molecule has 0 bridgehead atoms. The first-order valence-corrected chi connectivity index (χ1v) is 6.65. The molecule has 0 unspecified atom stereocenters. The molecule has 1 aliphatic rings. The third-order valence-corrected chi connectivity index (χ3v) is 3.36.